The van der Waals surface area contributed by atoms with Crippen LogP contribution in [0.5, 0.6) is 0 Å². The van der Waals surface area contributed by atoms with E-state index in [1.165, 1.54) is 0 Å². The van der Waals surface area contributed by atoms with Crippen LogP contribution in [0.4, 0.5) is 5.82 Å². The van der Waals surface area contributed by atoms with Gasteiger partial charge in [-0.2, -0.15) is 5.10 Å². The molecule has 7 heteroatoms. The highest BCUT2D eigenvalue weighted by Gasteiger charge is 2.25. The normalized spacial score (nSPS) is 13.5. The van der Waals surface area contributed by atoms with Crippen LogP contribution in [0.25, 0.3) is 5.82 Å². The van der Waals surface area contributed by atoms with Crippen LogP contribution < -0.4 is 5.32 Å². The number of halogens is 1. The number of nitrogens with zero attached hydrogens (tertiary/aromatic N) is 4. The molecule has 0 saturated carbocycles. The van der Waals surface area contributed by atoms with Gasteiger partial charge in [0.1, 0.15) is 11.4 Å². The van der Waals surface area contributed by atoms with Crippen molar-refractivity contribution in [3.05, 3.63) is 64.9 Å². The van der Waals surface area contributed by atoms with Crippen molar-refractivity contribution in [3.8, 4) is 5.82 Å². The first-order valence-electron chi connectivity index (χ1n) is 7.53. The summed E-state index contributed by atoms with van der Waals surface area (Å²) in [7, 11) is 0. The van der Waals surface area contributed by atoms with Crippen LogP contribution >= 0.6 is 11.6 Å². The Morgan fingerprint density at radius 1 is 1.17 bits per heavy atom. The first-order chi connectivity index (χ1) is 11.5. The van der Waals surface area contributed by atoms with Crippen LogP contribution in [0.2, 0.25) is 5.02 Å². The molecule has 1 atom stereocenters. The summed E-state index contributed by atoms with van der Waals surface area (Å²) in [6.07, 6.45) is 1.83. The van der Waals surface area contributed by atoms with Gasteiger partial charge in [0, 0.05) is 23.3 Å². The van der Waals surface area contributed by atoms with E-state index in [0.717, 1.165) is 5.69 Å². The van der Waals surface area contributed by atoms with Gasteiger partial charge < -0.3 is 10.4 Å². The van der Waals surface area contributed by atoms with E-state index < -0.39 is 5.60 Å². The number of benzene rings is 1. The highest BCUT2D eigenvalue weighted by molar-refractivity contribution is 6.31. The van der Waals surface area contributed by atoms with Gasteiger partial charge in [0.05, 0.1) is 5.69 Å². The molecule has 0 aliphatic carbocycles. The van der Waals surface area contributed by atoms with Crippen LogP contribution in [0.15, 0.2) is 48.7 Å². The van der Waals surface area contributed by atoms with Crippen molar-refractivity contribution >= 4 is 17.4 Å². The fourth-order valence-electron chi connectivity index (χ4n) is 2.34. The molecule has 0 amide bonds. The highest BCUT2D eigenvalue weighted by atomic mass is 35.5. The summed E-state index contributed by atoms with van der Waals surface area (Å²) < 4.78 is 1.66. The van der Waals surface area contributed by atoms with Crippen LogP contribution in [-0.2, 0) is 5.60 Å². The second-order valence-electron chi connectivity index (χ2n) is 5.79. The van der Waals surface area contributed by atoms with Crippen LogP contribution in [0.3, 0.4) is 0 Å². The number of aliphatic hydroxyl groups is 1. The quantitative estimate of drug-likeness (QED) is 0.745. The molecule has 3 rings (SSSR count). The fraction of sp³-hybridized carbons (Fsp3) is 0.235. The largest absolute Gasteiger partial charge is 0.384 e. The van der Waals surface area contributed by atoms with Crippen LogP contribution in [-0.4, -0.2) is 31.6 Å². The molecule has 0 spiro atoms. The van der Waals surface area contributed by atoms with Gasteiger partial charge in [0.2, 0.25) is 0 Å². The number of aryl methyl sites for hydroxylation is 1. The minimum atomic E-state index is -1.13. The van der Waals surface area contributed by atoms with Gasteiger partial charge >= 0.3 is 0 Å². The number of nitrogens with one attached hydrogen (secondary N) is 1. The second-order valence-corrected chi connectivity index (χ2v) is 6.19. The van der Waals surface area contributed by atoms with E-state index in [-0.39, 0.29) is 6.54 Å². The zero-order valence-corrected chi connectivity index (χ0v) is 14.2. The Hall–Kier alpha value is -2.44. The third kappa shape index (κ3) is 3.55. The predicted octanol–water partition coefficient (Wildman–Crippen LogP) is 2.94. The van der Waals surface area contributed by atoms with E-state index in [1.54, 1.807) is 29.8 Å². The average molecular weight is 344 g/mol. The molecule has 1 unspecified atom stereocenters. The second kappa shape index (κ2) is 6.59. The monoisotopic (exact) mass is 343 g/mol. The lowest BCUT2D eigenvalue weighted by atomic mass is 9.96. The summed E-state index contributed by atoms with van der Waals surface area (Å²) in [6, 6.07) is 12.7. The SMILES string of the molecule is Cc1ccn(-c2ccc(NCC(C)(O)c3ccccc3Cl)nn2)n1. The Labute approximate surface area is 145 Å². The number of hydrogen-bond donors (Lipinski definition) is 2. The van der Waals surface area contributed by atoms with Crippen molar-refractivity contribution in [2.75, 3.05) is 11.9 Å². The maximum absolute atomic E-state index is 10.7. The summed E-state index contributed by atoms with van der Waals surface area (Å²) in [6.45, 7) is 3.87. The van der Waals surface area contributed by atoms with E-state index >= 15 is 0 Å². The maximum Gasteiger partial charge on any atom is 0.175 e. The number of aromatic nitrogens is 4. The van der Waals surface area contributed by atoms with Crippen LogP contribution in [0.1, 0.15) is 18.2 Å². The summed E-state index contributed by atoms with van der Waals surface area (Å²) in [5, 5.41) is 26.8. The smallest absolute Gasteiger partial charge is 0.175 e. The van der Waals surface area contributed by atoms with Crippen molar-refractivity contribution in [2.24, 2.45) is 0 Å². The molecule has 0 aliphatic heterocycles. The molecule has 24 heavy (non-hydrogen) atoms. The maximum atomic E-state index is 10.7. The van der Waals surface area contributed by atoms with E-state index in [1.807, 2.05) is 37.4 Å². The minimum absolute atomic E-state index is 0.256. The Balaban J connectivity index is 1.69. The summed E-state index contributed by atoms with van der Waals surface area (Å²) in [4.78, 5) is 0. The van der Waals surface area contributed by atoms with E-state index in [2.05, 4.69) is 20.6 Å². The number of anilines is 1. The lowest BCUT2D eigenvalue weighted by molar-refractivity contribution is 0.0715. The molecule has 2 aromatic heterocycles. The third-order valence-corrected chi connectivity index (χ3v) is 4.01. The molecule has 2 N–H and O–H groups in total. The zero-order chi connectivity index (χ0) is 17.2. The minimum Gasteiger partial charge on any atom is -0.384 e. The lowest BCUT2D eigenvalue weighted by Gasteiger charge is -2.25. The molecule has 6 nitrogen and oxygen atoms in total. The molecule has 0 bridgehead atoms. The van der Waals surface area contributed by atoms with Crippen molar-refractivity contribution in [3.63, 3.8) is 0 Å². The first-order valence-corrected chi connectivity index (χ1v) is 7.91. The Morgan fingerprint density at radius 2 is 1.96 bits per heavy atom. The molecule has 1 aromatic carbocycles. The Bertz CT molecular complexity index is 829. The molecule has 3 aromatic rings. The number of hydrogen-bond acceptors (Lipinski definition) is 5. The summed E-state index contributed by atoms with van der Waals surface area (Å²) in [5.41, 5.74) is 0.447. The molecule has 124 valence electrons. The van der Waals surface area contributed by atoms with E-state index in [4.69, 9.17) is 11.6 Å². The standard InChI is InChI=1S/C17H18ClN5O/c1-12-9-10-23(22-12)16-8-7-15(20-21-16)19-11-17(2,24)13-5-3-4-6-14(13)18/h3-10,24H,11H2,1-2H3,(H,19,20). The van der Waals surface area contributed by atoms with Gasteiger partial charge in [-0.1, -0.05) is 29.8 Å². The fourth-order valence-corrected chi connectivity index (χ4v) is 2.68. The van der Waals surface area contributed by atoms with Gasteiger partial charge in [-0.15, -0.1) is 10.2 Å². The molecule has 0 aliphatic rings. The lowest BCUT2D eigenvalue weighted by Crippen LogP contribution is -2.31. The number of rotatable bonds is 5. The van der Waals surface area contributed by atoms with Gasteiger partial charge in [0.15, 0.2) is 5.82 Å². The molecule has 0 radical (unpaired) electrons. The Kier molecular flexibility index (Phi) is 4.51. The summed E-state index contributed by atoms with van der Waals surface area (Å²) >= 11 is 6.16. The molecular formula is C17H18ClN5O. The van der Waals surface area contributed by atoms with Crippen molar-refractivity contribution in [2.45, 2.75) is 19.4 Å². The van der Waals surface area contributed by atoms with Crippen LogP contribution in [0, 0.1) is 6.92 Å². The first kappa shape index (κ1) is 16.4. The molecule has 0 fully saturated rings. The van der Waals surface area contributed by atoms with Gasteiger partial charge in [0.25, 0.3) is 0 Å². The third-order valence-electron chi connectivity index (χ3n) is 3.68. The van der Waals surface area contributed by atoms with Crippen molar-refractivity contribution in [1.82, 2.24) is 20.0 Å². The predicted molar refractivity (Wildman–Crippen MR) is 93.4 cm³/mol. The molecule has 0 saturated heterocycles. The molecule has 2 heterocycles. The van der Waals surface area contributed by atoms with Crippen molar-refractivity contribution < 1.29 is 5.11 Å². The van der Waals surface area contributed by atoms with E-state index in [0.29, 0.717) is 22.2 Å². The zero-order valence-electron chi connectivity index (χ0n) is 13.4. The average Bonchev–Trinajstić information content (AvgIpc) is 3.00. The Morgan fingerprint density at radius 3 is 2.58 bits per heavy atom. The van der Waals surface area contributed by atoms with Gasteiger partial charge in [-0.3, -0.25) is 0 Å². The topological polar surface area (TPSA) is 75.9 Å². The van der Waals surface area contributed by atoms with E-state index in [9.17, 15) is 5.11 Å². The van der Waals surface area contributed by atoms with Gasteiger partial charge in [-0.05, 0) is 38.1 Å². The van der Waals surface area contributed by atoms with Gasteiger partial charge in [-0.25, -0.2) is 4.68 Å². The highest BCUT2D eigenvalue weighted by Crippen LogP contribution is 2.27. The summed E-state index contributed by atoms with van der Waals surface area (Å²) in [5.74, 6) is 1.20. The van der Waals surface area contributed by atoms with Crippen molar-refractivity contribution in [1.29, 1.82) is 0 Å². The molecular weight excluding hydrogens is 326 g/mol.